The first-order chi connectivity index (χ1) is 33.8. The molecule has 0 radical (unpaired) electrons. The van der Waals surface area contributed by atoms with Crippen molar-refractivity contribution in [1.29, 1.82) is 0 Å². The Morgan fingerprint density at radius 2 is 1.25 bits per heavy atom. The summed E-state index contributed by atoms with van der Waals surface area (Å²) in [7, 11) is -4.68. The number of hydrogen-bond donors (Lipinski definition) is 4. The van der Waals surface area contributed by atoms with Crippen LogP contribution in [0.15, 0.2) is 49.4 Å². The number of ketones is 2. The largest absolute Gasteiger partial charge is 0.530 e. The lowest BCUT2D eigenvalue weighted by Gasteiger charge is -2.46. The Labute approximate surface area is 449 Å². The topological polar surface area (TPSA) is 325 Å². The van der Waals surface area contributed by atoms with Crippen molar-refractivity contribution in [1.82, 2.24) is 15.1 Å². The molecule has 4 N–H and O–H groups in total. The second-order valence-corrected chi connectivity index (χ2v) is 23.6. The highest BCUT2D eigenvalue weighted by atomic mass is 35.6. The first-order valence-electron chi connectivity index (χ1n) is 21.9. The van der Waals surface area contributed by atoms with E-state index in [2.05, 4.69) is 34.6 Å². The Morgan fingerprint density at radius 1 is 0.767 bits per heavy atom. The van der Waals surface area contributed by atoms with Gasteiger partial charge in [-0.3, -0.25) is 37.9 Å². The molecule has 5 heterocycles. The lowest BCUT2D eigenvalue weighted by Crippen LogP contribution is -2.66. The summed E-state index contributed by atoms with van der Waals surface area (Å²) in [5.41, 5.74) is 7.72. The lowest BCUT2D eigenvalue weighted by atomic mass is 9.76. The number of phosphoric acid groups is 1. The third-order valence-corrected chi connectivity index (χ3v) is 13.7. The second-order valence-electron chi connectivity index (χ2n) is 17.0. The highest BCUT2D eigenvalue weighted by Gasteiger charge is 2.65. The fraction of sp³-hybridized carbons (Fsp3) is 0.605. The Balaban J connectivity index is 0.000000305. The van der Waals surface area contributed by atoms with Gasteiger partial charge in [-0.15, -0.1) is 0 Å². The van der Waals surface area contributed by atoms with Gasteiger partial charge in [0, 0.05) is 17.8 Å². The van der Waals surface area contributed by atoms with E-state index in [-0.39, 0.29) is 48.9 Å². The molecule has 0 spiro atoms. The molecule has 4 saturated heterocycles. The predicted octanol–water partition coefficient (Wildman–Crippen LogP) is 3.28. The van der Waals surface area contributed by atoms with Crippen LogP contribution in [0.2, 0.25) is 0 Å². The van der Waals surface area contributed by atoms with Crippen molar-refractivity contribution in [2.75, 3.05) is 33.0 Å². The fourth-order valence-corrected chi connectivity index (χ4v) is 10.6. The van der Waals surface area contributed by atoms with Crippen LogP contribution in [0.4, 0.5) is 0 Å². The summed E-state index contributed by atoms with van der Waals surface area (Å²) in [6, 6.07) is -2.88. The standard InChI is InChI=1S/C17H20Cl6NO8P.C13H17N3O5.C13H17NO5/c1-4-5-29-15(27)12-13(8(2)11-10(9(3)25)14(26)24(11)12)32-33(28,30-6-16(18,19)20)31-7-17(21,22)23;1-4-5-21-13(20)10(16-14)11(18)6(2)9-8(7(3)17)12(19)15-9;1-4-5-19-13(18)10-11(16)6(2)9-8(7(3)15)12(17)14(9)10/h4,8-11,25H,1,5-7H2,2-3H3;4,6-9,17H,1,5H2,2-3H3,(H,15,19);4,6-10,15H,1,5H2,2-3H3/t8-,9-,10-,11-;6-,7-,8-,9-;6-,7-,8-,9-,10?/m111/s1. The van der Waals surface area contributed by atoms with E-state index >= 15 is 0 Å². The van der Waals surface area contributed by atoms with Crippen molar-refractivity contribution >= 4 is 130 Å². The van der Waals surface area contributed by atoms with Crippen LogP contribution < -0.4 is 5.32 Å². The minimum atomic E-state index is -4.68. The minimum Gasteiger partial charge on any atom is -0.460 e. The fourth-order valence-electron chi connectivity index (χ4n) is 8.40. The number of aliphatic hydroxyl groups is 3. The molecule has 5 aliphatic rings. The first-order valence-corrected chi connectivity index (χ1v) is 25.6. The Morgan fingerprint density at radius 3 is 1.70 bits per heavy atom. The molecule has 23 nitrogen and oxygen atoms in total. The average molecular weight is 1170 g/mol. The zero-order valence-electron chi connectivity index (χ0n) is 39.9. The van der Waals surface area contributed by atoms with Gasteiger partial charge in [-0.05, 0) is 20.8 Å². The van der Waals surface area contributed by atoms with Crippen molar-refractivity contribution in [2.24, 2.45) is 35.5 Å². The van der Waals surface area contributed by atoms with Crippen LogP contribution in [-0.2, 0) is 70.7 Å². The number of halogens is 6. The van der Waals surface area contributed by atoms with E-state index in [0.29, 0.717) is 0 Å². The maximum absolute atomic E-state index is 13.3. The van der Waals surface area contributed by atoms with Gasteiger partial charge in [-0.1, -0.05) is 128 Å². The number of amides is 3. The molecule has 13 atom stereocenters. The van der Waals surface area contributed by atoms with E-state index < -0.39 is 142 Å². The molecule has 406 valence electrons. The van der Waals surface area contributed by atoms with Crippen molar-refractivity contribution in [2.45, 2.75) is 91.6 Å². The number of nitrogens with zero attached hydrogens (tertiary/aromatic N) is 4. The van der Waals surface area contributed by atoms with Gasteiger partial charge in [0.1, 0.15) is 38.8 Å². The molecule has 0 aliphatic carbocycles. The molecule has 1 unspecified atom stereocenters. The van der Waals surface area contributed by atoms with Crippen LogP contribution in [0, 0.1) is 35.5 Å². The van der Waals surface area contributed by atoms with Gasteiger partial charge in [0.2, 0.25) is 25.3 Å². The van der Waals surface area contributed by atoms with Crippen molar-refractivity contribution < 1.29 is 90.8 Å². The van der Waals surface area contributed by atoms with Crippen LogP contribution >= 0.6 is 77.4 Å². The molecular weight excluding hydrogens is 1120 g/mol. The normalized spacial score (nSPS) is 26.6. The van der Waals surface area contributed by atoms with Gasteiger partial charge in [-0.25, -0.2) is 18.9 Å². The van der Waals surface area contributed by atoms with E-state index in [9.17, 15) is 58.2 Å². The predicted molar refractivity (Wildman–Crippen MR) is 260 cm³/mol. The summed E-state index contributed by atoms with van der Waals surface area (Å²) >= 11 is 34.0. The first kappa shape index (κ1) is 63.4. The van der Waals surface area contributed by atoms with Crippen LogP contribution in [0.5, 0.6) is 0 Å². The molecule has 0 aromatic rings. The van der Waals surface area contributed by atoms with Gasteiger partial charge in [-0.2, -0.15) is 4.79 Å². The Bertz CT molecular complexity index is 2310. The lowest BCUT2D eigenvalue weighted by molar-refractivity contribution is -0.172. The van der Waals surface area contributed by atoms with E-state index in [4.69, 9.17) is 98.2 Å². The van der Waals surface area contributed by atoms with Crippen LogP contribution in [0.1, 0.15) is 41.5 Å². The molecule has 5 aliphatic heterocycles. The molecule has 0 bridgehead atoms. The van der Waals surface area contributed by atoms with Crippen molar-refractivity contribution in [3.05, 3.63) is 55.0 Å². The SMILES string of the molecule is C=CCOC(=O)C(=[N+]=[N-])C(=O)[C@H](C)[C@H]1NC(=O)[C@@H]1[C@@H](C)O.C=CCOC(=O)C1=C(OP(=O)(OCC(Cl)(Cl)Cl)OCC(Cl)(Cl)Cl)[C@H](C)[C@@H]2[C@@H]([C@@H](C)O)C(=O)N12.C=CCOC(=O)C1C(=O)[C@H](C)[C@@H]2[C@@H]([C@@H](C)O)C(=O)N12. The number of carbonyl (C=O) groups excluding carboxylic acids is 8. The molecule has 0 saturated carbocycles. The molecule has 4 fully saturated rings. The van der Waals surface area contributed by atoms with Crippen LogP contribution in [-0.4, -0.2) is 166 Å². The zero-order valence-corrected chi connectivity index (χ0v) is 45.3. The summed E-state index contributed by atoms with van der Waals surface area (Å²) < 4.78 is 39.5. The monoisotopic (exact) mass is 1170 g/mol. The van der Waals surface area contributed by atoms with Crippen molar-refractivity contribution in [3.63, 3.8) is 0 Å². The summed E-state index contributed by atoms with van der Waals surface area (Å²) in [5, 5.41) is 31.6. The molecule has 0 aromatic carbocycles. The maximum atomic E-state index is 13.3. The minimum absolute atomic E-state index is 0.00349. The van der Waals surface area contributed by atoms with Gasteiger partial charge in [0.25, 0.3) is 5.78 Å². The summed E-state index contributed by atoms with van der Waals surface area (Å²) in [6.45, 7) is 17.5. The number of hydrogen-bond acceptors (Lipinski definition) is 18. The van der Waals surface area contributed by atoms with Crippen LogP contribution in [0.3, 0.4) is 0 Å². The summed E-state index contributed by atoms with van der Waals surface area (Å²) in [5.74, 6) is -9.64. The third kappa shape index (κ3) is 14.9. The Hall–Kier alpha value is -3.93. The number of alkyl halides is 6. The van der Waals surface area contributed by atoms with Gasteiger partial charge in [0.05, 0.1) is 54.2 Å². The smallest absolute Gasteiger partial charge is 0.460 e. The average Bonchev–Trinajstić information content (AvgIpc) is 3.66. The van der Waals surface area contributed by atoms with E-state index in [1.165, 1.54) is 50.8 Å². The number of esters is 3. The van der Waals surface area contributed by atoms with E-state index in [1.807, 2.05) is 0 Å². The molecule has 30 heteroatoms. The van der Waals surface area contributed by atoms with Gasteiger partial charge >= 0.3 is 31.4 Å². The number of carbonyl (C=O) groups is 8. The van der Waals surface area contributed by atoms with Crippen LogP contribution in [0.25, 0.3) is 5.53 Å². The van der Waals surface area contributed by atoms with Gasteiger partial charge < -0.3 is 49.8 Å². The Kier molecular flexibility index (Phi) is 22.8. The third-order valence-electron chi connectivity index (χ3n) is 11.8. The number of nitrogens with one attached hydrogen (secondary N) is 1. The van der Waals surface area contributed by atoms with E-state index in [1.54, 1.807) is 13.8 Å². The molecular formula is C43H54Cl6N5O18P. The second kappa shape index (κ2) is 26.2. The number of rotatable bonds is 21. The molecule has 3 amide bonds. The molecule has 73 heavy (non-hydrogen) atoms. The number of fused-ring (bicyclic) bond motifs is 2. The van der Waals surface area contributed by atoms with E-state index in [0.717, 1.165) is 4.90 Å². The summed E-state index contributed by atoms with van der Waals surface area (Å²) in [6.07, 6.45) is 1.22. The maximum Gasteiger partial charge on any atom is 0.530 e. The number of β-lactam (4-membered cyclic amide) rings is 3. The number of phosphoric ester groups is 1. The molecule has 5 rings (SSSR count). The zero-order chi connectivity index (χ0) is 55.8. The van der Waals surface area contributed by atoms with Gasteiger partial charge in [0.15, 0.2) is 17.5 Å². The number of Topliss-reactive ketones (excluding diaryl/α,β-unsaturated/α-hetero) is 2. The highest BCUT2D eigenvalue weighted by Crippen LogP contribution is 2.59. The highest BCUT2D eigenvalue weighted by molar-refractivity contribution is 7.48. The van der Waals surface area contributed by atoms with Crippen molar-refractivity contribution in [3.8, 4) is 0 Å². The number of ether oxygens (including phenoxy) is 3. The summed E-state index contributed by atoms with van der Waals surface area (Å²) in [4.78, 5) is 101. The number of aliphatic hydroxyl groups excluding tert-OH is 3. The molecule has 0 aromatic heterocycles. The quantitative estimate of drug-likeness (QED) is 0.0122.